The number of rotatable bonds is 4. The highest BCUT2D eigenvalue weighted by Crippen LogP contribution is 2.27. The topological polar surface area (TPSA) is 75.9 Å². The van der Waals surface area contributed by atoms with Crippen LogP contribution in [0.4, 0.5) is 11.6 Å². The molecule has 0 amide bonds. The Kier molecular flexibility index (Phi) is 3.01. The van der Waals surface area contributed by atoms with Crippen molar-refractivity contribution in [3.8, 4) is 0 Å². The number of hydrogen-bond acceptors (Lipinski definition) is 5. The molecule has 0 saturated heterocycles. The first-order valence-corrected chi connectivity index (χ1v) is 5.33. The first-order chi connectivity index (χ1) is 7.31. The van der Waals surface area contributed by atoms with Crippen LogP contribution in [0.15, 0.2) is 6.33 Å². The zero-order valence-corrected chi connectivity index (χ0v) is 8.95. The zero-order chi connectivity index (χ0) is 10.7. The highest BCUT2D eigenvalue weighted by atomic mass is 15.3. The second-order valence-corrected chi connectivity index (χ2v) is 4.02. The van der Waals surface area contributed by atoms with Crippen LogP contribution in [0.2, 0.25) is 0 Å². The third-order valence-corrected chi connectivity index (χ3v) is 3.00. The third kappa shape index (κ3) is 2.18. The predicted octanol–water partition coefficient (Wildman–Crippen LogP) is 1.28. The summed E-state index contributed by atoms with van der Waals surface area (Å²) in [6.07, 6.45) is 5.55. The molecule has 1 heterocycles. The first kappa shape index (κ1) is 10.2. The van der Waals surface area contributed by atoms with Crippen molar-refractivity contribution >= 4 is 11.6 Å². The van der Waals surface area contributed by atoms with Crippen LogP contribution in [0.5, 0.6) is 0 Å². The molecule has 1 aliphatic carbocycles. The van der Waals surface area contributed by atoms with Crippen LogP contribution in [0.25, 0.3) is 0 Å². The molecule has 0 radical (unpaired) electrons. The van der Waals surface area contributed by atoms with Gasteiger partial charge in [0.25, 0.3) is 0 Å². The lowest BCUT2D eigenvalue weighted by Gasteiger charge is -2.26. The van der Waals surface area contributed by atoms with Crippen LogP contribution < -0.4 is 16.6 Å². The molecule has 15 heavy (non-hydrogen) atoms. The molecule has 0 unspecified atom stereocenters. The van der Waals surface area contributed by atoms with E-state index in [0.29, 0.717) is 5.82 Å². The lowest BCUT2D eigenvalue weighted by atomic mass is 9.85. The van der Waals surface area contributed by atoms with Gasteiger partial charge in [-0.3, -0.25) is 0 Å². The van der Waals surface area contributed by atoms with Crippen molar-refractivity contribution in [1.29, 1.82) is 0 Å². The van der Waals surface area contributed by atoms with Gasteiger partial charge >= 0.3 is 0 Å². The highest BCUT2D eigenvalue weighted by molar-refractivity contribution is 5.55. The maximum atomic E-state index is 5.34. The van der Waals surface area contributed by atoms with Crippen molar-refractivity contribution in [2.24, 2.45) is 11.8 Å². The lowest BCUT2D eigenvalue weighted by Crippen LogP contribution is -2.22. The van der Waals surface area contributed by atoms with Crippen LogP contribution in [-0.4, -0.2) is 16.5 Å². The Balaban J connectivity index is 2.00. The number of aromatic nitrogens is 2. The summed E-state index contributed by atoms with van der Waals surface area (Å²) >= 11 is 0. The summed E-state index contributed by atoms with van der Waals surface area (Å²) in [7, 11) is 0. The normalized spacial score (nSPS) is 15.9. The molecule has 0 spiro atoms. The molecule has 0 aromatic carbocycles. The molecule has 1 aromatic rings. The molecule has 5 nitrogen and oxygen atoms in total. The van der Waals surface area contributed by atoms with Gasteiger partial charge < -0.3 is 10.7 Å². The molecule has 2 rings (SSSR count). The van der Waals surface area contributed by atoms with E-state index in [-0.39, 0.29) is 0 Å². The van der Waals surface area contributed by atoms with Gasteiger partial charge in [0.05, 0.1) is 0 Å². The molecule has 5 heteroatoms. The smallest absolute Gasteiger partial charge is 0.148 e. The van der Waals surface area contributed by atoms with E-state index >= 15 is 0 Å². The summed E-state index contributed by atoms with van der Waals surface area (Å²) in [5, 5.41) is 3.34. The zero-order valence-electron chi connectivity index (χ0n) is 8.95. The summed E-state index contributed by atoms with van der Waals surface area (Å²) in [6.45, 7) is 2.96. The van der Waals surface area contributed by atoms with Crippen LogP contribution in [0.3, 0.4) is 0 Å². The van der Waals surface area contributed by atoms with Crippen LogP contribution >= 0.6 is 0 Å². The Morgan fingerprint density at radius 1 is 1.40 bits per heavy atom. The molecule has 1 aromatic heterocycles. The standard InChI is InChI=1S/C10H17N5/c1-7-9(12-5-8-3-2-4-8)13-6-14-10(7)15-11/h6,8H,2-5,11H2,1H3,(H2,12,13,14,15). The van der Waals surface area contributed by atoms with Gasteiger partial charge in [-0.25, -0.2) is 15.8 Å². The van der Waals surface area contributed by atoms with Crippen molar-refractivity contribution in [3.63, 3.8) is 0 Å². The van der Waals surface area contributed by atoms with Crippen LogP contribution in [-0.2, 0) is 0 Å². The molecule has 82 valence electrons. The molecule has 0 bridgehead atoms. The molecule has 0 atom stereocenters. The highest BCUT2D eigenvalue weighted by Gasteiger charge is 2.17. The van der Waals surface area contributed by atoms with E-state index in [4.69, 9.17) is 5.84 Å². The Hall–Kier alpha value is -1.36. The number of nitrogen functional groups attached to an aromatic ring is 1. The quantitative estimate of drug-likeness (QED) is 0.512. The fourth-order valence-electron chi connectivity index (χ4n) is 1.71. The summed E-state index contributed by atoms with van der Waals surface area (Å²) in [5.41, 5.74) is 3.53. The van der Waals surface area contributed by atoms with E-state index in [0.717, 1.165) is 23.8 Å². The summed E-state index contributed by atoms with van der Waals surface area (Å²) in [4.78, 5) is 8.23. The van der Waals surface area contributed by atoms with Gasteiger partial charge in [-0.1, -0.05) is 6.42 Å². The predicted molar refractivity (Wildman–Crippen MR) is 60.4 cm³/mol. The van der Waals surface area contributed by atoms with E-state index in [1.807, 2.05) is 6.92 Å². The Morgan fingerprint density at radius 2 is 2.13 bits per heavy atom. The van der Waals surface area contributed by atoms with Crippen molar-refractivity contribution in [2.75, 3.05) is 17.3 Å². The van der Waals surface area contributed by atoms with Crippen molar-refractivity contribution < 1.29 is 0 Å². The largest absolute Gasteiger partial charge is 0.369 e. The fourth-order valence-corrected chi connectivity index (χ4v) is 1.71. The lowest BCUT2D eigenvalue weighted by molar-refractivity contribution is 0.333. The molecular weight excluding hydrogens is 190 g/mol. The average molecular weight is 207 g/mol. The molecule has 0 aliphatic heterocycles. The van der Waals surface area contributed by atoms with E-state index in [2.05, 4.69) is 20.7 Å². The summed E-state index contributed by atoms with van der Waals surface area (Å²) in [6, 6.07) is 0. The average Bonchev–Trinajstić information content (AvgIpc) is 2.18. The number of anilines is 2. The second-order valence-electron chi connectivity index (χ2n) is 4.02. The van der Waals surface area contributed by atoms with E-state index in [1.54, 1.807) is 0 Å². The fraction of sp³-hybridized carbons (Fsp3) is 0.600. The van der Waals surface area contributed by atoms with Crippen molar-refractivity contribution in [3.05, 3.63) is 11.9 Å². The monoisotopic (exact) mass is 207 g/mol. The number of hydrogen-bond donors (Lipinski definition) is 3. The third-order valence-electron chi connectivity index (χ3n) is 3.00. The maximum absolute atomic E-state index is 5.34. The van der Waals surface area contributed by atoms with Gasteiger partial charge in [-0.15, -0.1) is 0 Å². The second kappa shape index (κ2) is 4.44. The van der Waals surface area contributed by atoms with Gasteiger partial charge in [0.15, 0.2) is 0 Å². The van der Waals surface area contributed by atoms with Crippen molar-refractivity contribution in [2.45, 2.75) is 26.2 Å². The summed E-state index contributed by atoms with van der Waals surface area (Å²) < 4.78 is 0. The minimum atomic E-state index is 0.682. The van der Waals surface area contributed by atoms with E-state index in [1.165, 1.54) is 25.6 Å². The minimum absolute atomic E-state index is 0.682. The van der Waals surface area contributed by atoms with Gasteiger partial charge in [-0.05, 0) is 25.7 Å². The van der Waals surface area contributed by atoms with Crippen LogP contribution in [0, 0.1) is 12.8 Å². The molecular formula is C10H17N5. The Bertz CT molecular complexity index is 335. The minimum Gasteiger partial charge on any atom is -0.369 e. The molecule has 4 N–H and O–H groups in total. The van der Waals surface area contributed by atoms with Gasteiger partial charge in [0.2, 0.25) is 0 Å². The van der Waals surface area contributed by atoms with Crippen LogP contribution in [0.1, 0.15) is 24.8 Å². The van der Waals surface area contributed by atoms with Gasteiger partial charge in [-0.2, -0.15) is 0 Å². The van der Waals surface area contributed by atoms with Gasteiger partial charge in [0.1, 0.15) is 18.0 Å². The molecule has 1 fully saturated rings. The Morgan fingerprint density at radius 3 is 2.73 bits per heavy atom. The van der Waals surface area contributed by atoms with E-state index < -0.39 is 0 Å². The molecule has 1 saturated carbocycles. The number of nitrogens with two attached hydrogens (primary N) is 1. The van der Waals surface area contributed by atoms with Crippen molar-refractivity contribution in [1.82, 2.24) is 9.97 Å². The number of hydrazine groups is 1. The number of nitrogens with zero attached hydrogens (tertiary/aromatic N) is 2. The molecule has 1 aliphatic rings. The van der Waals surface area contributed by atoms with E-state index in [9.17, 15) is 0 Å². The van der Waals surface area contributed by atoms with Gasteiger partial charge in [0, 0.05) is 12.1 Å². The number of nitrogens with one attached hydrogen (secondary N) is 2. The first-order valence-electron chi connectivity index (χ1n) is 5.33. The Labute approximate surface area is 89.5 Å². The SMILES string of the molecule is Cc1c(NN)ncnc1NCC1CCC1. The summed E-state index contributed by atoms with van der Waals surface area (Å²) in [5.74, 6) is 7.72. The maximum Gasteiger partial charge on any atom is 0.148 e.